The summed E-state index contributed by atoms with van der Waals surface area (Å²) < 4.78 is 22.8. The third-order valence-electron chi connectivity index (χ3n) is 1.78. The highest BCUT2D eigenvalue weighted by atomic mass is 32.2. The third kappa shape index (κ3) is 3.16. The maximum Gasteiger partial charge on any atom is 0.0452 e. The van der Waals surface area contributed by atoms with Crippen LogP contribution in [0.2, 0.25) is 0 Å². The van der Waals surface area contributed by atoms with Crippen LogP contribution in [0.1, 0.15) is 25.3 Å². The molecule has 0 heterocycles. The first-order valence-corrected chi connectivity index (χ1v) is 5.13. The molecule has 0 aliphatic carbocycles. The average molecular weight is 198 g/mol. The maximum absolute atomic E-state index is 10.3. The van der Waals surface area contributed by atoms with Crippen molar-refractivity contribution in [2.75, 3.05) is 4.72 Å². The van der Waals surface area contributed by atoms with Crippen LogP contribution in [0.4, 0.5) is 5.69 Å². The fourth-order valence-corrected chi connectivity index (χ4v) is 1.36. The van der Waals surface area contributed by atoms with Crippen LogP contribution in [0.25, 0.3) is 0 Å². The third-order valence-corrected chi connectivity index (χ3v) is 2.18. The molecule has 0 radical (unpaired) electrons. The minimum Gasteiger partial charge on any atom is -0.755 e. The van der Waals surface area contributed by atoms with Crippen molar-refractivity contribution in [3.63, 3.8) is 0 Å². The molecule has 0 fully saturated rings. The van der Waals surface area contributed by atoms with E-state index in [2.05, 4.69) is 18.6 Å². The monoisotopic (exact) mass is 198 g/mol. The van der Waals surface area contributed by atoms with Crippen molar-refractivity contribution in [1.29, 1.82) is 0 Å². The fraction of sp³-hybridized carbons (Fsp3) is 0.333. The minimum absolute atomic E-state index is 0.465. The van der Waals surface area contributed by atoms with Crippen LogP contribution >= 0.6 is 0 Å². The van der Waals surface area contributed by atoms with E-state index in [-0.39, 0.29) is 0 Å². The highest BCUT2D eigenvalue weighted by Gasteiger charge is 1.97. The molecular weight excluding hydrogens is 186 g/mol. The second kappa shape index (κ2) is 4.39. The zero-order valence-electron chi connectivity index (χ0n) is 7.61. The fourth-order valence-electron chi connectivity index (χ4n) is 1.03. The number of benzene rings is 1. The summed E-state index contributed by atoms with van der Waals surface area (Å²) in [6.45, 7) is 4.18. The Morgan fingerprint density at radius 3 is 2.23 bits per heavy atom. The molecule has 1 rings (SSSR count). The van der Waals surface area contributed by atoms with E-state index in [1.165, 1.54) is 5.56 Å². The molecule has 1 aromatic rings. The van der Waals surface area contributed by atoms with Crippen molar-refractivity contribution < 1.29 is 8.76 Å². The van der Waals surface area contributed by atoms with E-state index >= 15 is 0 Å². The van der Waals surface area contributed by atoms with Crippen molar-refractivity contribution in [2.45, 2.75) is 19.8 Å². The molecule has 0 aliphatic heterocycles. The second-order valence-corrected chi connectivity index (χ2v) is 3.79. The predicted octanol–water partition coefficient (Wildman–Crippen LogP) is 2.02. The molecule has 0 bridgehead atoms. The van der Waals surface area contributed by atoms with Gasteiger partial charge in [-0.3, -0.25) is 4.21 Å². The molecule has 1 atom stereocenters. The Bertz CT molecular complexity index is 295. The number of hydrogen-bond donors (Lipinski definition) is 1. The summed E-state index contributed by atoms with van der Waals surface area (Å²) in [6, 6.07) is 7.34. The topological polar surface area (TPSA) is 52.2 Å². The van der Waals surface area contributed by atoms with E-state index in [9.17, 15) is 8.76 Å². The lowest BCUT2D eigenvalue weighted by Gasteiger charge is -2.10. The maximum atomic E-state index is 10.3. The highest BCUT2D eigenvalue weighted by Crippen LogP contribution is 2.16. The van der Waals surface area contributed by atoms with Gasteiger partial charge in [-0.1, -0.05) is 26.0 Å². The Balaban J connectivity index is 2.75. The molecule has 0 amide bonds. The predicted molar refractivity (Wildman–Crippen MR) is 53.1 cm³/mol. The van der Waals surface area contributed by atoms with E-state index in [1.54, 1.807) is 12.1 Å². The summed E-state index contributed by atoms with van der Waals surface area (Å²) in [4.78, 5) is 0. The van der Waals surface area contributed by atoms with Crippen LogP contribution in [-0.2, 0) is 11.3 Å². The first-order valence-electron chi connectivity index (χ1n) is 4.05. The standard InChI is InChI=1S/C9H13NO2S/c1-7(2)8-3-5-9(6-4-8)10-13(11)12/h3-7,10H,1-2H3,(H,11,12)/p-1. The van der Waals surface area contributed by atoms with Gasteiger partial charge in [-0.2, -0.15) is 0 Å². The van der Waals surface area contributed by atoms with Gasteiger partial charge in [0.05, 0.1) is 0 Å². The van der Waals surface area contributed by atoms with Gasteiger partial charge in [-0.15, -0.1) is 0 Å². The highest BCUT2D eigenvalue weighted by molar-refractivity contribution is 7.80. The molecule has 1 aromatic carbocycles. The van der Waals surface area contributed by atoms with Crippen LogP contribution < -0.4 is 4.72 Å². The van der Waals surface area contributed by atoms with E-state index in [0.29, 0.717) is 11.6 Å². The zero-order chi connectivity index (χ0) is 9.84. The molecule has 0 saturated heterocycles. The van der Waals surface area contributed by atoms with Crippen molar-refractivity contribution in [3.05, 3.63) is 29.8 Å². The average Bonchev–Trinajstić information content (AvgIpc) is 2.04. The van der Waals surface area contributed by atoms with Crippen molar-refractivity contribution in [1.82, 2.24) is 0 Å². The number of hydrogen-bond acceptors (Lipinski definition) is 2. The van der Waals surface area contributed by atoms with E-state index < -0.39 is 11.3 Å². The van der Waals surface area contributed by atoms with Gasteiger partial charge in [0.2, 0.25) is 0 Å². The summed E-state index contributed by atoms with van der Waals surface area (Å²) in [5.41, 5.74) is 1.79. The SMILES string of the molecule is CC(C)c1ccc(NS(=O)[O-])cc1. The van der Waals surface area contributed by atoms with Crippen molar-refractivity contribution >= 4 is 17.0 Å². The Kier molecular flexibility index (Phi) is 3.45. The molecule has 0 spiro atoms. The normalized spacial score (nSPS) is 12.9. The van der Waals surface area contributed by atoms with Crippen LogP contribution in [0.3, 0.4) is 0 Å². The molecule has 0 saturated carbocycles. The van der Waals surface area contributed by atoms with Gasteiger partial charge >= 0.3 is 0 Å². The molecule has 1 unspecified atom stereocenters. The van der Waals surface area contributed by atoms with Crippen molar-refractivity contribution in [3.8, 4) is 0 Å². The Morgan fingerprint density at radius 1 is 1.31 bits per heavy atom. The molecular formula is C9H12NO2S-. The first kappa shape index (κ1) is 10.2. The first-order chi connectivity index (χ1) is 6.09. The van der Waals surface area contributed by atoms with Crippen LogP contribution in [0.5, 0.6) is 0 Å². The van der Waals surface area contributed by atoms with Crippen LogP contribution in [-0.4, -0.2) is 8.76 Å². The number of nitrogens with one attached hydrogen (secondary N) is 1. The van der Waals surface area contributed by atoms with Gasteiger partial charge in [0.1, 0.15) is 0 Å². The summed E-state index contributed by atoms with van der Waals surface area (Å²) >= 11 is -2.23. The lowest BCUT2D eigenvalue weighted by atomic mass is 10.0. The summed E-state index contributed by atoms with van der Waals surface area (Å²) in [5.74, 6) is 0.465. The van der Waals surface area contributed by atoms with E-state index in [1.807, 2.05) is 12.1 Å². The smallest absolute Gasteiger partial charge is 0.0452 e. The van der Waals surface area contributed by atoms with Gasteiger partial charge in [0.25, 0.3) is 0 Å². The van der Waals surface area contributed by atoms with Gasteiger partial charge in [-0.25, -0.2) is 0 Å². The van der Waals surface area contributed by atoms with E-state index in [4.69, 9.17) is 0 Å². The van der Waals surface area contributed by atoms with Crippen LogP contribution in [0.15, 0.2) is 24.3 Å². The summed E-state index contributed by atoms with van der Waals surface area (Å²) in [7, 11) is 0. The number of rotatable bonds is 3. The molecule has 3 nitrogen and oxygen atoms in total. The molecule has 1 N–H and O–H groups in total. The van der Waals surface area contributed by atoms with Gasteiger partial charge in [0.15, 0.2) is 0 Å². The van der Waals surface area contributed by atoms with Crippen molar-refractivity contribution in [2.24, 2.45) is 0 Å². The second-order valence-electron chi connectivity index (χ2n) is 3.11. The zero-order valence-corrected chi connectivity index (χ0v) is 8.43. The van der Waals surface area contributed by atoms with Gasteiger partial charge in [-0.05, 0) is 23.6 Å². The lowest BCUT2D eigenvalue weighted by molar-refractivity contribution is 0.542. The van der Waals surface area contributed by atoms with Crippen LogP contribution in [0, 0.1) is 0 Å². The number of anilines is 1. The molecule has 4 heteroatoms. The lowest BCUT2D eigenvalue weighted by Crippen LogP contribution is -2.02. The quantitative estimate of drug-likeness (QED) is 0.755. The molecule has 0 aromatic heterocycles. The minimum atomic E-state index is -2.23. The Labute approximate surface area is 80.6 Å². The van der Waals surface area contributed by atoms with Gasteiger partial charge in [0, 0.05) is 17.0 Å². The summed E-state index contributed by atoms with van der Waals surface area (Å²) in [6.07, 6.45) is 0. The Morgan fingerprint density at radius 2 is 1.85 bits per heavy atom. The Hall–Kier alpha value is -0.870. The summed E-state index contributed by atoms with van der Waals surface area (Å²) in [5, 5.41) is 0. The molecule has 72 valence electrons. The molecule has 0 aliphatic rings. The van der Waals surface area contributed by atoms with E-state index in [0.717, 1.165) is 0 Å². The van der Waals surface area contributed by atoms with Gasteiger partial charge < -0.3 is 9.27 Å². The largest absolute Gasteiger partial charge is 0.755 e. The molecule has 13 heavy (non-hydrogen) atoms.